The predicted molar refractivity (Wildman–Crippen MR) is 60.2 cm³/mol. The minimum atomic E-state index is 0.196. The van der Waals surface area contributed by atoms with Crippen molar-refractivity contribution in [1.29, 1.82) is 0 Å². The van der Waals surface area contributed by atoms with Crippen LogP contribution < -0.4 is 11.3 Å². The highest BCUT2D eigenvalue weighted by atomic mass is 32.1. The van der Waals surface area contributed by atoms with Crippen LogP contribution in [0.4, 0.5) is 0 Å². The Morgan fingerprint density at radius 1 is 1.57 bits per heavy atom. The third-order valence-electron chi connectivity index (χ3n) is 2.04. The molecule has 0 aliphatic carbocycles. The highest BCUT2D eigenvalue weighted by molar-refractivity contribution is 7.09. The van der Waals surface area contributed by atoms with Crippen molar-refractivity contribution >= 4 is 22.7 Å². The van der Waals surface area contributed by atoms with E-state index in [0.717, 1.165) is 6.42 Å². The third kappa shape index (κ3) is 2.19. The van der Waals surface area contributed by atoms with Crippen molar-refractivity contribution in [1.82, 2.24) is 10.4 Å². The molecule has 3 N–H and O–H groups in total. The van der Waals surface area contributed by atoms with Crippen LogP contribution >= 0.6 is 22.7 Å². The first-order valence-corrected chi connectivity index (χ1v) is 6.08. The zero-order chi connectivity index (χ0) is 9.80. The lowest BCUT2D eigenvalue weighted by molar-refractivity contribution is 0.557. The average Bonchev–Trinajstić information content (AvgIpc) is 2.86. The molecule has 0 aliphatic heterocycles. The first-order chi connectivity index (χ1) is 6.90. The summed E-state index contributed by atoms with van der Waals surface area (Å²) in [6, 6.07) is 2.29. The van der Waals surface area contributed by atoms with Crippen LogP contribution in [0, 0.1) is 0 Å². The number of thiazole rings is 1. The second kappa shape index (κ2) is 4.65. The summed E-state index contributed by atoms with van der Waals surface area (Å²) in [7, 11) is 0. The molecule has 0 saturated heterocycles. The van der Waals surface area contributed by atoms with Crippen molar-refractivity contribution in [3.05, 3.63) is 39.0 Å². The van der Waals surface area contributed by atoms with Gasteiger partial charge in [0.1, 0.15) is 0 Å². The number of nitrogens with two attached hydrogens (primary N) is 1. The van der Waals surface area contributed by atoms with Crippen LogP contribution in [0.1, 0.15) is 16.5 Å². The van der Waals surface area contributed by atoms with E-state index in [1.807, 2.05) is 11.7 Å². The molecule has 5 heteroatoms. The summed E-state index contributed by atoms with van der Waals surface area (Å²) in [6.07, 6.45) is 2.79. The molecule has 0 aromatic carbocycles. The van der Waals surface area contributed by atoms with Gasteiger partial charge in [0, 0.05) is 17.5 Å². The summed E-state index contributed by atoms with van der Waals surface area (Å²) in [5.74, 6) is 5.52. The molecule has 74 valence electrons. The maximum atomic E-state index is 5.52. The summed E-state index contributed by atoms with van der Waals surface area (Å²) in [6.45, 7) is 0. The monoisotopic (exact) mass is 225 g/mol. The average molecular weight is 225 g/mol. The normalized spacial score (nSPS) is 12.9. The van der Waals surface area contributed by atoms with Gasteiger partial charge in [-0.2, -0.15) is 11.3 Å². The lowest BCUT2D eigenvalue weighted by atomic mass is 10.1. The lowest BCUT2D eigenvalue weighted by Crippen LogP contribution is -2.29. The first kappa shape index (κ1) is 9.79. The number of aromatic nitrogens is 1. The molecule has 1 atom stereocenters. The summed E-state index contributed by atoms with van der Waals surface area (Å²) in [5.41, 5.74) is 5.91. The van der Waals surface area contributed by atoms with Gasteiger partial charge in [-0.1, -0.05) is 0 Å². The zero-order valence-corrected chi connectivity index (χ0v) is 9.15. The molecule has 0 aliphatic rings. The largest absolute Gasteiger partial charge is 0.271 e. The molecule has 3 nitrogen and oxygen atoms in total. The Kier molecular flexibility index (Phi) is 3.26. The van der Waals surface area contributed by atoms with E-state index in [1.165, 1.54) is 10.4 Å². The fourth-order valence-corrected chi connectivity index (χ4v) is 2.65. The molecule has 0 fully saturated rings. The Balaban J connectivity index is 2.08. The summed E-state index contributed by atoms with van der Waals surface area (Å²) in [4.78, 5) is 5.29. The van der Waals surface area contributed by atoms with Gasteiger partial charge in [-0.15, -0.1) is 11.3 Å². The van der Waals surface area contributed by atoms with Gasteiger partial charge in [-0.25, -0.2) is 0 Å². The minimum Gasteiger partial charge on any atom is -0.271 e. The summed E-state index contributed by atoms with van der Waals surface area (Å²) in [5, 5.41) is 4.18. The lowest BCUT2D eigenvalue weighted by Gasteiger charge is -2.12. The summed E-state index contributed by atoms with van der Waals surface area (Å²) >= 11 is 3.35. The molecule has 2 rings (SSSR count). The SMILES string of the molecule is NNC(Cc1cncs1)c1ccsc1. The van der Waals surface area contributed by atoms with Gasteiger partial charge in [-0.05, 0) is 22.4 Å². The fraction of sp³-hybridized carbons (Fsp3) is 0.222. The van der Waals surface area contributed by atoms with Crippen LogP contribution in [0.15, 0.2) is 28.5 Å². The first-order valence-electron chi connectivity index (χ1n) is 4.25. The van der Waals surface area contributed by atoms with Crippen LogP contribution in [0.3, 0.4) is 0 Å². The Morgan fingerprint density at radius 2 is 2.50 bits per heavy atom. The fourth-order valence-electron chi connectivity index (χ4n) is 1.29. The van der Waals surface area contributed by atoms with Crippen LogP contribution in [0.25, 0.3) is 0 Å². The van der Waals surface area contributed by atoms with Gasteiger partial charge in [0.15, 0.2) is 0 Å². The van der Waals surface area contributed by atoms with Crippen molar-refractivity contribution in [2.45, 2.75) is 12.5 Å². The summed E-state index contributed by atoms with van der Waals surface area (Å²) < 4.78 is 0. The Morgan fingerprint density at radius 3 is 3.07 bits per heavy atom. The highest BCUT2D eigenvalue weighted by Gasteiger charge is 2.11. The molecule has 0 saturated carbocycles. The van der Waals surface area contributed by atoms with Crippen molar-refractivity contribution in [3.63, 3.8) is 0 Å². The number of hydrogen-bond acceptors (Lipinski definition) is 5. The van der Waals surface area contributed by atoms with Crippen LogP contribution in [0.5, 0.6) is 0 Å². The van der Waals surface area contributed by atoms with Crippen LogP contribution in [0.2, 0.25) is 0 Å². The Bertz CT molecular complexity index is 355. The number of hydrazine groups is 1. The molecule has 2 heterocycles. The molecule has 0 bridgehead atoms. The van der Waals surface area contributed by atoms with Crippen LogP contribution in [-0.4, -0.2) is 4.98 Å². The van der Waals surface area contributed by atoms with E-state index in [0.29, 0.717) is 0 Å². The predicted octanol–water partition coefficient (Wildman–Crippen LogP) is 1.95. The van der Waals surface area contributed by atoms with E-state index >= 15 is 0 Å². The number of rotatable bonds is 4. The van der Waals surface area contributed by atoms with Gasteiger partial charge in [-0.3, -0.25) is 16.3 Å². The third-order valence-corrected chi connectivity index (χ3v) is 3.54. The second-order valence-electron chi connectivity index (χ2n) is 2.95. The van der Waals surface area contributed by atoms with Crippen molar-refractivity contribution < 1.29 is 0 Å². The highest BCUT2D eigenvalue weighted by Crippen LogP contribution is 2.21. The number of thiophene rings is 1. The van der Waals surface area contributed by atoms with E-state index in [9.17, 15) is 0 Å². The Labute approximate surface area is 90.6 Å². The molecular formula is C9H11N3S2. The molecule has 1 unspecified atom stereocenters. The van der Waals surface area contributed by atoms with Crippen molar-refractivity contribution in [3.8, 4) is 0 Å². The maximum Gasteiger partial charge on any atom is 0.0794 e. The van der Waals surface area contributed by atoms with Crippen molar-refractivity contribution in [2.24, 2.45) is 5.84 Å². The molecule has 0 radical (unpaired) electrons. The number of nitrogens with zero attached hydrogens (tertiary/aromatic N) is 1. The van der Waals surface area contributed by atoms with Gasteiger partial charge < -0.3 is 0 Å². The van der Waals surface area contributed by atoms with Gasteiger partial charge >= 0.3 is 0 Å². The van der Waals surface area contributed by atoms with Crippen molar-refractivity contribution in [2.75, 3.05) is 0 Å². The smallest absolute Gasteiger partial charge is 0.0794 e. The van der Waals surface area contributed by atoms with E-state index in [-0.39, 0.29) is 6.04 Å². The van der Waals surface area contributed by atoms with Gasteiger partial charge in [0.05, 0.1) is 11.6 Å². The molecule has 2 aromatic rings. The zero-order valence-electron chi connectivity index (χ0n) is 7.51. The van der Waals surface area contributed by atoms with E-state index in [1.54, 1.807) is 22.7 Å². The molecular weight excluding hydrogens is 214 g/mol. The molecule has 0 spiro atoms. The second-order valence-corrected chi connectivity index (χ2v) is 4.70. The molecule has 0 amide bonds. The van der Waals surface area contributed by atoms with E-state index in [4.69, 9.17) is 5.84 Å². The number of hydrogen-bond donors (Lipinski definition) is 2. The number of nitrogens with one attached hydrogen (secondary N) is 1. The minimum absolute atomic E-state index is 0.196. The van der Waals surface area contributed by atoms with E-state index < -0.39 is 0 Å². The molecule has 14 heavy (non-hydrogen) atoms. The quantitative estimate of drug-likeness (QED) is 0.617. The maximum absolute atomic E-state index is 5.52. The topological polar surface area (TPSA) is 50.9 Å². The standard InChI is InChI=1S/C9H11N3S2/c10-12-9(7-1-2-13-5-7)3-8-4-11-6-14-8/h1-2,4-6,9,12H,3,10H2. The van der Waals surface area contributed by atoms with E-state index in [2.05, 4.69) is 27.2 Å². The molecule has 2 aromatic heterocycles. The van der Waals surface area contributed by atoms with Gasteiger partial charge in [0.2, 0.25) is 0 Å². The van der Waals surface area contributed by atoms with Crippen LogP contribution in [-0.2, 0) is 6.42 Å². The van der Waals surface area contributed by atoms with Gasteiger partial charge in [0.25, 0.3) is 0 Å². The Hall–Kier alpha value is -0.750.